The van der Waals surface area contributed by atoms with Crippen LogP contribution in [0.4, 0.5) is 5.82 Å². The summed E-state index contributed by atoms with van der Waals surface area (Å²) in [6.45, 7) is 3.42. The molecule has 0 saturated carbocycles. The molecule has 0 atom stereocenters. The molecule has 0 radical (unpaired) electrons. The summed E-state index contributed by atoms with van der Waals surface area (Å²) < 4.78 is 31.6. The highest BCUT2D eigenvalue weighted by Crippen LogP contribution is 2.25. The lowest BCUT2D eigenvalue weighted by Crippen LogP contribution is -2.31. The molecule has 9 nitrogen and oxygen atoms in total. The number of fused-ring (bicyclic) bond motifs is 1. The van der Waals surface area contributed by atoms with E-state index in [1.807, 2.05) is 60.0 Å². The second-order valence-corrected chi connectivity index (χ2v) is 12.9. The van der Waals surface area contributed by atoms with E-state index in [2.05, 4.69) is 10.4 Å². The largest absolute Gasteiger partial charge is 0.306 e. The lowest BCUT2D eigenvalue weighted by molar-refractivity contribution is 0.102. The minimum atomic E-state index is -3.60. The normalized spacial score (nSPS) is 14.6. The van der Waals surface area contributed by atoms with E-state index in [4.69, 9.17) is 16.6 Å². The van der Waals surface area contributed by atoms with Gasteiger partial charge in [-0.1, -0.05) is 48.7 Å². The number of aryl methyl sites for hydroxylation is 1. The minimum Gasteiger partial charge on any atom is -0.306 e. The third-order valence-corrected chi connectivity index (χ3v) is 9.64. The number of halogens is 1. The quantitative estimate of drug-likeness (QED) is 0.244. The average Bonchev–Trinajstić information content (AvgIpc) is 3.39. The Labute approximate surface area is 249 Å². The van der Waals surface area contributed by atoms with Gasteiger partial charge in [0.2, 0.25) is 16.0 Å². The summed E-state index contributed by atoms with van der Waals surface area (Å²) in [4.78, 5) is 18.4. The number of imidazole rings is 1. The van der Waals surface area contributed by atoms with Crippen molar-refractivity contribution in [2.75, 3.05) is 18.4 Å². The van der Waals surface area contributed by atoms with E-state index in [0.29, 0.717) is 47.7 Å². The van der Waals surface area contributed by atoms with Crippen LogP contribution in [0.5, 0.6) is 0 Å². The summed E-state index contributed by atoms with van der Waals surface area (Å²) in [5.41, 5.74) is 3.80. The van der Waals surface area contributed by atoms with Gasteiger partial charge in [-0.3, -0.25) is 4.79 Å². The molecule has 6 rings (SSSR count). The molecular formula is C31H31ClN6O3S. The first-order chi connectivity index (χ1) is 20.3. The van der Waals surface area contributed by atoms with Gasteiger partial charge in [0, 0.05) is 29.7 Å². The molecule has 0 aliphatic carbocycles. The summed E-state index contributed by atoms with van der Waals surface area (Å²) in [5, 5.41) is 8.27. The van der Waals surface area contributed by atoms with E-state index >= 15 is 0 Å². The van der Waals surface area contributed by atoms with E-state index in [1.54, 1.807) is 27.2 Å². The first-order valence-electron chi connectivity index (χ1n) is 14.0. The van der Waals surface area contributed by atoms with Gasteiger partial charge in [-0.05, 0) is 73.9 Å². The van der Waals surface area contributed by atoms with Crippen LogP contribution in [0.25, 0.3) is 17.0 Å². The maximum Gasteiger partial charge on any atom is 0.256 e. The number of aromatic nitrogens is 4. The average molecular weight is 603 g/mol. The number of anilines is 1. The molecule has 5 aromatic rings. The summed E-state index contributed by atoms with van der Waals surface area (Å²) in [5.74, 6) is 0.620. The van der Waals surface area contributed by atoms with E-state index in [-0.39, 0.29) is 10.8 Å². The van der Waals surface area contributed by atoms with Gasteiger partial charge in [0.1, 0.15) is 5.82 Å². The molecule has 42 heavy (non-hydrogen) atoms. The van der Waals surface area contributed by atoms with E-state index in [1.165, 1.54) is 12.1 Å². The minimum absolute atomic E-state index is 0.192. The molecule has 0 spiro atoms. The van der Waals surface area contributed by atoms with Crippen LogP contribution in [0.2, 0.25) is 5.02 Å². The highest BCUT2D eigenvalue weighted by molar-refractivity contribution is 7.89. The number of carbonyl (C=O) groups is 1. The van der Waals surface area contributed by atoms with Gasteiger partial charge < -0.3 is 9.88 Å². The number of para-hydroxylation sites is 2. The molecule has 1 amide bonds. The van der Waals surface area contributed by atoms with Crippen LogP contribution in [0.3, 0.4) is 0 Å². The zero-order chi connectivity index (χ0) is 29.3. The summed E-state index contributed by atoms with van der Waals surface area (Å²) in [6.07, 6.45) is 3.80. The maximum absolute atomic E-state index is 13.3. The molecule has 1 fully saturated rings. The van der Waals surface area contributed by atoms with E-state index in [9.17, 15) is 13.2 Å². The van der Waals surface area contributed by atoms with Crippen LogP contribution in [-0.4, -0.2) is 51.1 Å². The van der Waals surface area contributed by atoms with Crippen molar-refractivity contribution in [3.8, 4) is 5.95 Å². The summed E-state index contributed by atoms with van der Waals surface area (Å²) in [6, 6.07) is 23.3. The maximum atomic E-state index is 13.3. The van der Waals surface area contributed by atoms with Gasteiger partial charge in [0.15, 0.2) is 0 Å². The number of nitrogens with zero attached hydrogens (tertiary/aromatic N) is 5. The van der Waals surface area contributed by atoms with Crippen molar-refractivity contribution in [1.29, 1.82) is 0 Å². The fourth-order valence-electron chi connectivity index (χ4n) is 5.29. The Morgan fingerprint density at radius 3 is 2.33 bits per heavy atom. The first-order valence-corrected chi connectivity index (χ1v) is 15.8. The third-order valence-electron chi connectivity index (χ3n) is 7.47. The standard InChI is InChI=1S/C31H31ClN6O3S/c1-22-20-29(34-30(39)24-12-16-26(17-13-24)42(40,41)36-18-6-2-3-7-19-36)38(35-22)31-33-27-8-4-5-9-28(27)37(31)21-23-10-14-25(32)15-11-23/h4-5,8-17,20H,2-3,6-7,18-19,21H2,1H3,(H,34,39). The van der Waals surface area contributed by atoms with Crippen LogP contribution in [0, 0.1) is 6.92 Å². The Balaban J connectivity index is 1.28. The second kappa shape index (κ2) is 11.7. The molecule has 1 N–H and O–H groups in total. The molecule has 0 unspecified atom stereocenters. The Kier molecular flexibility index (Phi) is 7.85. The van der Waals surface area contributed by atoms with Crippen molar-refractivity contribution < 1.29 is 13.2 Å². The van der Waals surface area contributed by atoms with Gasteiger partial charge in [-0.2, -0.15) is 14.1 Å². The lowest BCUT2D eigenvalue weighted by Gasteiger charge is -2.20. The number of hydrogen-bond acceptors (Lipinski definition) is 5. The van der Waals surface area contributed by atoms with Gasteiger partial charge in [0.05, 0.1) is 28.2 Å². The van der Waals surface area contributed by atoms with Crippen molar-refractivity contribution in [3.05, 3.63) is 101 Å². The van der Waals surface area contributed by atoms with Crippen LogP contribution < -0.4 is 5.32 Å². The SMILES string of the molecule is Cc1cc(NC(=O)c2ccc(S(=O)(=O)N3CCCCCC3)cc2)n(-c2nc3ccccc3n2Cc2ccc(Cl)cc2)n1. The molecule has 1 aliphatic heterocycles. The van der Waals surface area contributed by atoms with Crippen molar-refractivity contribution >= 4 is 44.4 Å². The van der Waals surface area contributed by atoms with Crippen molar-refractivity contribution in [2.24, 2.45) is 0 Å². The number of benzene rings is 3. The second-order valence-electron chi connectivity index (χ2n) is 10.5. The fourth-order valence-corrected chi connectivity index (χ4v) is 6.93. The van der Waals surface area contributed by atoms with Crippen LogP contribution in [0.15, 0.2) is 83.8 Å². The van der Waals surface area contributed by atoms with Crippen molar-refractivity contribution in [2.45, 2.75) is 44.0 Å². The van der Waals surface area contributed by atoms with Crippen molar-refractivity contribution in [3.63, 3.8) is 0 Å². The Morgan fingerprint density at radius 2 is 1.62 bits per heavy atom. The molecule has 3 aromatic carbocycles. The molecule has 3 heterocycles. The van der Waals surface area contributed by atoms with Gasteiger partial charge in [0.25, 0.3) is 5.91 Å². The highest BCUT2D eigenvalue weighted by atomic mass is 35.5. The Hall–Kier alpha value is -3.99. The summed E-state index contributed by atoms with van der Waals surface area (Å²) >= 11 is 6.11. The predicted octanol–water partition coefficient (Wildman–Crippen LogP) is 6.05. The third kappa shape index (κ3) is 5.70. The smallest absolute Gasteiger partial charge is 0.256 e. The molecular weight excluding hydrogens is 572 g/mol. The first kappa shape index (κ1) is 28.1. The van der Waals surface area contributed by atoms with E-state index < -0.39 is 10.0 Å². The van der Waals surface area contributed by atoms with Gasteiger partial charge >= 0.3 is 0 Å². The van der Waals surface area contributed by atoms with Crippen LogP contribution in [0.1, 0.15) is 47.3 Å². The number of nitrogens with one attached hydrogen (secondary N) is 1. The molecule has 11 heteroatoms. The van der Waals surface area contributed by atoms with Gasteiger partial charge in [-0.25, -0.2) is 13.4 Å². The summed E-state index contributed by atoms with van der Waals surface area (Å²) in [7, 11) is -3.60. The number of amides is 1. The molecule has 0 bridgehead atoms. The Morgan fingerprint density at radius 1 is 0.929 bits per heavy atom. The fraction of sp³-hybridized carbons (Fsp3) is 0.258. The Bertz CT molecular complexity index is 1840. The zero-order valence-electron chi connectivity index (χ0n) is 23.2. The van der Waals surface area contributed by atoms with Crippen molar-refractivity contribution in [1.82, 2.24) is 23.6 Å². The molecule has 216 valence electrons. The van der Waals surface area contributed by atoms with Gasteiger partial charge in [-0.15, -0.1) is 0 Å². The monoisotopic (exact) mass is 602 g/mol. The predicted molar refractivity (Wildman–Crippen MR) is 164 cm³/mol. The number of sulfonamides is 1. The van der Waals surface area contributed by atoms with E-state index in [0.717, 1.165) is 42.3 Å². The topological polar surface area (TPSA) is 102 Å². The number of carbonyl (C=O) groups excluding carboxylic acids is 1. The van der Waals surface area contributed by atoms with Crippen LogP contribution >= 0.6 is 11.6 Å². The van der Waals surface area contributed by atoms with Crippen LogP contribution in [-0.2, 0) is 16.6 Å². The number of hydrogen-bond donors (Lipinski definition) is 1. The lowest BCUT2D eigenvalue weighted by atomic mass is 10.2. The highest BCUT2D eigenvalue weighted by Gasteiger charge is 2.25. The number of rotatable bonds is 7. The zero-order valence-corrected chi connectivity index (χ0v) is 24.8. The molecule has 2 aromatic heterocycles. The molecule has 1 saturated heterocycles. The molecule has 1 aliphatic rings.